The molecule has 0 radical (unpaired) electrons. The average molecular weight is 511 g/mol. The highest BCUT2D eigenvalue weighted by Crippen LogP contribution is 2.35. The van der Waals surface area contributed by atoms with Crippen molar-refractivity contribution < 1.29 is 27.4 Å². The highest BCUT2D eigenvalue weighted by molar-refractivity contribution is 7.90. The van der Waals surface area contributed by atoms with Crippen molar-refractivity contribution in [2.24, 2.45) is 5.73 Å². The van der Waals surface area contributed by atoms with E-state index in [1.165, 1.54) is 10.2 Å². The minimum atomic E-state index is -3.69. The Morgan fingerprint density at radius 1 is 1.06 bits per heavy atom. The van der Waals surface area contributed by atoms with Gasteiger partial charge in [0.15, 0.2) is 0 Å². The summed E-state index contributed by atoms with van der Waals surface area (Å²) >= 11 is 0. The first-order valence-electron chi connectivity index (χ1n) is 11.4. The van der Waals surface area contributed by atoms with Crippen LogP contribution in [0.5, 0.6) is 5.75 Å². The zero-order valence-electron chi connectivity index (χ0n) is 19.9. The minimum Gasteiger partial charge on any atom is -0.489 e. The Hall–Kier alpha value is -3.69. The Bertz CT molecular complexity index is 1540. The molecule has 36 heavy (non-hydrogen) atoms. The number of benzene rings is 3. The van der Waals surface area contributed by atoms with Crippen LogP contribution in [0.15, 0.2) is 66.9 Å². The van der Waals surface area contributed by atoms with Crippen LogP contribution >= 0.6 is 0 Å². The zero-order valence-corrected chi connectivity index (χ0v) is 20.8. The Morgan fingerprint density at radius 2 is 1.78 bits per heavy atom. The van der Waals surface area contributed by atoms with Gasteiger partial charge < -0.3 is 15.6 Å². The van der Waals surface area contributed by atoms with Crippen LogP contribution in [0.25, 0.3) is 22.0 Å². The summed E-state index contributed by atoms with van der Waals surface area (Å²) < 4.78 is 48.6. The van der Waals surface area contributed by atoms with Gasteiger partial charge in [-0.2, -0.15) is 0 Å². The second-order valence-corrected chi connectivity index (χ2v) is 11.1. The van der Waals surface area contributed by atoms with Crippen LogP contribution in [-0.4, -0.2) is 28.7 Å². The highest BCUT2D eigenvalue weighted by Gasteiger charge is 2.23. The molecule has 188 valence electrons. The van der Waals surface area contributed by atoms with Crippen molar-refractivity contribution in [3.05, 3.63) is 89.4 Å². The van der Waals surface area contributed by atoms with E-state index in [0.717, 1.165) is 0 Å². The molecule has 0 amide bonds. The Balaban J connectivity index is 1.86. The number of para-hydroxylation sites is 1. The van der Waals surface area contributed by atoms with E-state index in [4.69, 9.17) is 10.5 Å². The Labute approximate surface area is 209 Å². The van der Waals surface area contributed by atoms with Crippen LogP contribution in [0.2, 0.25) is 0 Å². The van der Waals surface area contributed by atoms with Crippen LogP contribution < -0.4 is 10.5 Å². The summed E-state index contributed by atoms with van der Waals surface area (Å²) in [7, 11) is -3.69. The van der Waals surface area contributed by atoms with Crippen LogP contribution in [0.1, 0.15) is 30.5 Å². The van der Waals surface area contributed by atoms with Gasteiger partial charge >= 0.3 is 5.97 Å². The second-order valence-electron chi connectivity index (χ2n) is 8.73. The van der Waals surface area contributed by atoms with Crippen molar-refractivity contribution in [2.45, 2.75) is 38.7 Å². The molecule has 3 aromatic carbocycles. The molecule has 1 aromatic heterocycles. The summed E-state index contributed by atoms with van der Waals surface area (Å²) in [5, 5.41) is 9.10. The molecule has 0 saturated carbocycles. The van der Waals surface area contributed by atoms with Gasteiger partial charge in [-0.15, -0.1) is 0 Å². The third kappa shape index (κ3) is 4.84. The number of halogens is 1. The van der Waals surface area contributed by atoms with E-state index >= 15 is 4.39 Å². The van der Waals surface area contributed by atoms with E-state index < -0.39 is 27.1 Å². The summed E-state index contributed by atoms with van der Waals surface area (Å²) in [5.41, 5.74) is 8.38. The lowest BCUT2D eigenvalue weighted by molar-refractivity contribution is -0.136. The fraction of sp³-hybridized carbons (Fsp3) is 0.222. The summed E-state index contributed by atoms with van der Waals surface area (Å²) in [6.07, 6.45) is 1.27. The molecule has 9 heteroatoms. The molecule has 0 saturated heterocycles. The molecular formula is C27H27FN2O5S. The summed E-state index contributed by atoms with van der Waals surface area (Å²) in [6, 6.07) is 16.9. The molecule has 7 nitrogen and oxygen atoms in total. The lowest BCUT2D eigenvalue weighted by Gasteiger charge is -2.15. The molecule has 0 aliphatic carbocycles. The number of hydrogen-bond donors (Lipinski definition) is 2. The van der Waals surface area contributed by atoms with E-state index in [2.05, 4.69) is 0 Å². The van der Waals surface area contributed by atoms with Crippen molar-refractivity contribution in [2.75, 3.05) is 0 Å². The van der Waals surface area contributed by atoms with Gasteiger partial charge in [0.2, 0.25) is 10.0 Å². The average Bonchev–Trinajstić information content (AvgIpc) is 3.27. The molecule has 0 aliphatic rings. The van der Waals surface area contributed by atoms with E-state index in [9.17, 15) is 18.3 Å². The lowest BCUT2D eigenvalue weighted by atomic mass is 9.97. The summed E-state index contributed by atoms with van der Waals surface area (Å²) in [5.74, 6) is -1.05. The molecule has 0 bridgehead atoms. The lowest BCUT2D eigenvalue weighted by Crippen LogP contribution is -2.21. The summed E-state index contributed by atoms with van der Waals surface area (Å²) in [6.45, 7) is 3.23. The maximum absolute atomic E-state index is 15.3. The van der Waals surface area contributed by atoms with E-state index in [1.54, 1.807) is 74.5 Å². The first kappa shape index (κ1) is 25.4. The van der Waals surface area contributed by atoms with Crippen molar-refractivity contribution in [3.8, 4) is 16.9 Å². The largest absolute Gasteiger partial charge is 0.489 e. The maximum Gasteiger partial charge on any atom is 0.307 e. The smallest absolute Gasteiger partial charge is 0.307 e. The number of nitrogens with zero attached hydrogens (tertiary/aromatic N) is 1. The monoisotopic (exact) mass is 510 g/mol. The topological polar surface area (TPSA) is 112 Å². The van der Waals surface area contributed by atoms with E-state index in [0.29, 0.717) is 44.5 Å². The van der Waals surface area contributed by atoms with E-state index in [-0.39, 0.29) is 19.6 Å². The fourth-order valence-electron chi connectivity index (χ4n) is 4.09. The number of carboxylic acids is 1. The fourth-order valence-corrected chi connectivity index (χ4v) is 5.20. The Kier molecular flexibility index (Phi) is 7.14. The predicted molar refractivity (Wildman–Crippen MR) is 137 cm³/mol. The van der Waals surface area contributed by atoms with Gasteiger partial charge in [0.05, 0.1) is 17.2 Å². The number of fused-ring (bicyclic) bond motifs is 1. The number of aromatic nitrogens is 1. The third-order valence-electron chi connectivity index (χ3n) is 6.00. The van der Waals surface area contributed by atoms with Gasteiger partial charge in [-0.25, -0.2) is 16.8 Å². The number of aliphatic carboxylic acids is 1. The SMILES string of the molecule is CC(C)S(=O)(=O)n1ccc2c(-c3cccc(CN)c3F)cc(COc3ccccc3CC(=O)O)cc21. The van der Waals surface area contributed by atoms with Crippen LogP contribution in [0.4, 0.5) is 4.39 Å². The first-order valence-corrected chi connectivity index (χ1v) is 12.9. The van der Waals surface area contributed by atoms with Crippen LogP contribution in [0, 0.1) is 5.82 Å². The van der Waals surface area contributed by atoms with Crippen molar-refractivity contribution >= 4 is 26.9 Å². The van der Waals surface area contributed by atoms with Crippen molar-refractivity contribution in [1.82, 2.24) is 3.97 Å². The number of ether oxygens (including phenoxy) is 1. The van der Waals surface area contributed by atoms with Gasteiger partial charge in [0.1, 0.15) is 18.2 Å². The standard InChI is InChI=1S/C27H27FN2O5S/c1-17(2)36(33,34)30-11-10-21-23(22-8-5-7-20(15-29)27(22)28)12-18(13-24(21)30)16-35-25-9-4-3-6-19(25)14-26(31)32/h3-13,17H,14-16,29H2,1-2H3,(H,31,32). The molecule has 4 rings (SSSR count). The molecular weight excluding hydrogens is 483 g/mol. The molecule has 3 N–H and O–H groups in total. The third-order valence-corrected chi connectivity index (χ3v) is 8.06. The van der Waals surface area contributed by atoms with E-state index in [1.807, 2.05) is 0 Å². The highest BCUT2D eigenvalue weighted by atomic mass is 32.2. The molecule has 0 atom stereocenters. The first-order chi connectivity index (χ1) is 17.1. The number of nitrogens with two attached hydrogens (primary N) is 1. The van der Waals surface area contributed by atoms with Gasteiger partial charge in [-0.05, 0) is 49.2 Å². The molecule has 0 aliphatic heterocycles. The number of rotatable bonds is 9. The van der Waals surface area contributed by atoms with Crippen molar-refractivity contribution in [3.63, 3.8) is 0 Å². The van der Waals surface area contributed by atoms with Crippen LogP contribution in [-0.2, 0) is 34.4 Å². The quantitative estimate of drug-likeness (QED) is 0.338. The zero-order chi connectivity index (χ0) is 26.0. The summed E-state index contributed by atoms with van der Waals surface area (Å²) in [4.78, 5) is 11.2. The van der Waals surface area contributed by atoms with Gasteiger partial charge in [0, 0.05) is 34.8 Å². The van der Waals surface area contributed by atoms with Gasteiger partial charge in [-0.1, -0.05) is 36.4 Å². The number of hydrogen-bond acceptors (Lipinski definition) is 5. The minimum absolute atomic E-state index is 0.0185. The normalized spacial score (nSPS) is 11.8. The predicted octanol–water partition coefficient (Wildman–Crippen LogP) is 4.70. The number of carbonyl (C=O) groups is 1. The molecule has 0 fully saturated rings. The number of carboxylic acid groups (broad SMARTS) is 1. The van der Waals surface area contributed by atoms with Crippen LogP contribution in [0.3, 0.4) is 0 Å². The van der Waals surface area contributed by atoms with Gasteiger partial charge in [-0.3, -0.25) is 4.79 Å². The molecule has 1 heterocycles. The second kappa shape index (κ2) is 10.1. The molecule has 0 unspecified atom stereocenters. The molecule has 0 spiro atoms. The maximum atomic E-state index is 15.3. The Morgan fingerprint density at radius 3 is 2.47 bits per heavy atom. The molecule has 4 aromatic rings. The van der Waals surface area contributed by atoms with Crippen molar-refractivity contribution in [1.29, 1.82) is 0 Å². The van der Waals surface area contributed by atoms with Gasteiger partial charge in [0.25, 0.3) is 0 Å².